The molecule has 6 nitrogen and oxygen atoms in total. The highest BCUT2D eigenvalue weighted by Gasteiger charge is 2.21. The standard InChI is InChI=1S/C21H18ClN3O3S/c22-14-6-2-1-5-13(14)17(12-26)28-16-9-18(29-19(16)10-20(23)27)15-11-24-21-7-3-4-8-25(15)21/h1-9,11,17,26H,10,12H2,(H2,23,27). The van der Waals surface area contributed by atoms with E-state index in [1.165, 1.54) is 11.3 Å². The lowest BCUT2D eigenvalue weighted by molar-refractivity contribution is -0.117. The number of hydrogen-bond donors (Lipinski definition) is 2. The summed E-state index contributed by atoms with van der Waals surface area (Å²) in [5, 5.41) is 10.4. The van der Waals surface area contributed by atoms with Gasteiger partial charge in [-0.2, -0.15) is 0 Å². The molecule has 4 aromatic rings. The van der Waals surface area contributed by atoms with E-state index in [1.54, 1.807) is 18.3 Å². The van der Waals surface area contributed by atoms with E-state index in [0.717, 1.165) is 16.2 Å². The molecule has 1 aromatic carbocycles. The number of aromatic nitrogens is 2. The van der Waals surface area contributed by atoms with Crippen LogP contribution >= 0.6 is 22.9 Å². The summed E-state index contributed by atoms with van der Waals surface area (Å²) < 4.78 is 8.05. The van der Waals surface area contributed by atoms with Gasteiger partial charge >= 0.3 is 0 Å². The first-order valence-corrected chi connectivity index (χ1v) is 10.1. The molecule has 0 spiro atoms. The van der Waals surface area contributed by atoms with E-state index in [1.807, 2.05) is 47.0 Å². The Kier molecular flexibility index (Phi) is 5.53. The van der Waals surface area contributed by atoms with Gasteiger partial charge in [-0.3, -0.25) is 9.20 Å². The Hall–Kier alpha value is -2.87. The number of nitrogens with zero attached hydrogens (tertiary/aromatic N) is 2. The number of pyridine rings is 1. The number of carbonyl (C=O) groups excluding carboxylic acids is 1. The molecule has 0 saturated heterocycles. The number of amides is 1. The third-order valence-corrected chi connectivity index (χ3v) is 5.94. The molecule has 0 aliphatic heterocycles. The molecular weight excluding hydrogens is 410 g/mol. The van der Waals surface area contributed by atoms with Crippen molar-refractivity contribution < 1.29 is 14.6 Å². The fourth-order valence-corrected chi connectivity index (χ4v) is 4.49. The van der Waals surface area contributed by atoms with E-state index < -0.39 is 12.0 Å². The van der Waals surface area contributed by atoms with Gasteiger partial charge in [-0.25, -0.2) is 4.98 Å². The first-order chi connectivity index (χ1) is 14.1. The highest BCUT2D eigenvalue weighted by molar-refractivity contribution is 7.15. The number of halogens is 1. The normalized spacial score (nSPS) is 12.2. The molecule has 3 heterocycles. The third-order valence-electron chi connectivity index (χ3n) is 4.46. The Labute approximate surface area is 176 Å². The van der Waals surface area contributed by atoms with Gasteiger partial charge in [0.05, 0.1) is 34.7 Å². The van der Waals surface area contributed by atoms with Crippen molar-refractivity contribution in [2.24, 2.45) is 5.73 Å². The summed E-state index contributed by atoms with van der Waals surface area (Å²) in [5.41, 5.74) is 7.80. The van der Waals surface area contributed by atoms with Gasteiger partial charge in [0.1, 0.15) is 17.5 Å². The van der Waals surface area contributed by atoms with Crippen LogP contribution in [0, 0.1) is 0 Å². The molecule has 1 unspecified atom stereocenters. The Morgan fingerprint density at radius 1 is 1.28 bits per heavy atom. The quantitative estimate of drug-likeness (QED) is 0.468. The van der Waals surface area contributed by atoms with Gasteiger partial charge in [-0.15, -0.1) is 11.3 Å². The van der Waals surface area contributed by atoms with Crippen LogP contribution in [-0.4, -0.2) is 27.0 Å². The number of ether oxygens (including phenoxy) is 1. The molecule has 0 aliphatic rings. The number of benzene rings is 1. The zero-order valence-electron chi connectivity index (χ0n) is 15.3. The second kappa shape index (κ2) is 8.24. The molecule has 1 amide bonds. The van der Waals surface area contributed by atoms with E-state index in [0.29, 0.717) is 21.2 Å². The fourth-order valence-electron chi connectivity index (χ4n) is 3.12. The number of thiophene rings is 1. The number of hydrogen-bond acceptors (Lipinski definition) is 5. The van der Waals surface area contributed by atoms with E-state index in [-0.39, 0.29) is 13.0 Å². The second-order valence-electron chi connectivity index (χ2n) is 6.42. The number of primary amides is 1. The summed E-state index contributed by atoms with van der Waals surface area (Å²) in [6.07, 6.45) is 3.07. The molecule has 8 heteroatoms. The smallest absolute Gasteiger partial charge is 0.222 e. The van der Waals surface area contributed by atoms with Crippen molar-refractivity contribution in [3.63, 3.8) is 0 Å². The van der Waals surface area contributed by atoms with Crippen LogP contribution < -0.4 is 10.5 Å². The van der Waals surface area contributed by atoms with Crippen LogP contribution in [0.3, 0.4) is 0 Å². The molecule has 4 rings (SSSR count). The Balaban J connectivity index is 1.74. The molecule has 0 fully saturated rings. The summed E-state index contributed by atoms with van der Waals surface area (Å²) in [7, 11) is 0. The minimum Gasteiger partial charge on any atom is -0.482 e. The van der Waals surface area contributed by atoms with Gasteiger partial charge in [0.15, 0.2) is 0 Å². The molecular formula is C21H18ClN3O3S. The lowest BCUT2D eigenvalue weighted by Crippen LogP contribution is -2.16. The van der Waals surface area contributed by atoms with E-state index in [4.69, 9.17) is 22.1 Å². The zero-order chi connectivity index (χ0) is 20.4. The number of imidazole rings is 1. The molecule has 0 bridgehead atoms. The first-order valence-electron chi connectivity index (χ1n) is 8.92. The van der Waals surface area contributed by atoms with Crippen LogP contribution in [0.2, 0.25) is 5.02 Å². The van der Waals surface area contributed by atoms with Crippen LogP contribution in [-0.2, 0) is 11.2 Å². The monoisotopic (exact) mass is 427 g/mol. The predicted octanol–water partition coefficient (Wildman–Crippen LogP) is 3.86. The van der Waals surface area contributed by atoms with E-state index >= 15 is 0 Å². The Morgan fingerprint density at radius 2 is 2.07 bits per heavy atom. The van der Waals surface area contributed by atoms with Gasteiger partial charge in [0.2, 0.25) is 5.91 Å². The van der Waals surface area contributed by atoms with Gasteiger partial charge in [-0.1, -0.05) is 35.9 Å². The van der Waals surface area contributed by atoms with Gasteiger partial charge in [0.25, 0.3) is 0 Å². The number of rotatable bonds is 7. The SMILES string of the molecule is NC(=O)Cc1sc(-c2cnc3ccccn23)cc1OC(CO)c1ccccc1Cl. The average Bonchev–Trinajstić information content (AvgIpc) is 3.30. The van der Waals surface area contributed by atoms with Crippen molar-refractivity contribution in [3.05, 3.63) is 76.4 Å². The number of carbonyl (C=O) groups is 1. The van der Waals surface area contributed by atoms with Crippen LogP contribution in [0.5, 0.6) is 5.75 Å². The number of fused-ring (bicyclic) bond motifs is 1. The highest BCUT2D eigenvalue weighted by atomic mass is 35.5. The van der Waals surface area contributed by atoms with E-state index in [2.05, 4.69) is 4.98 Å². The summed E-state index contributed by atoms with van der Waals surface area (Å²) in [6, 6.07) is 14.8. The van der Waals surface area contributed by atoms with Crippen molar-refractivity contribution in [2.45, 2.75) is 12.5 Å². The van der Waals surface area contributed by atoms with Crippen LogP contribution in [0.15, 0.2) is 60.9 Å². The maximum atomic E-state index is 11.6. The molecule has 3 aromatic heterocycles. The molecule has 1 atom stereocenters. The number of aliphatic hydroxyl groups is 1. The average molecular weight is 428 g/mol. The third kappa shape index (κ3) is 3.98. The van der Waals surface area contributed by atoms with Crippen LogP contribution in [0.25, 0.3) is 16.2 Å². The molecule has 0 saturated carbocycles. The zero-order valence-corrected chi connectivity index (χ0v) is 16.9. The molecule has 3 N–H and O–H groups in total. The first kappa shape index (κ1) is 19.4. The summed E-state index contributed by atoms with van der Waals surface area (Å²) in [4.78, 5) is 17.6. The van der Waals surface area contributed by atoms with E-state index in [9.17, 15) is 9.90 Å². The number of aliphatic hydroxyl groups excluding tert-OH is 1. The van der Waals surface area contributed by atoms with Crippen LogP contribution in [0.1, 0.15) is 16.5 Å². The fraction of sp³-hybridized carbons (Fsp3) is 0.143. The summed E-state index contributed by atoms with van der Waals surface area (Å²) >= 11 is 7.68. The largest absolute Gasteiger partial charge is 0.482 e. The summed E-state index contributed by atoms with van der Waals surface area (Å²) in [5.74, 6) is 0.0355. The molecule has 0 aliphatic carbocycles. The lowest BCUT2D eigenvalue weighted by Gasteiger charge is -2.18. The predicted molar refractivity (Wildman–Crippen MR) is 113 cm³/mol. The maximum absolute atomic E-state index is 11.6. The molecule has 29 heavy (non-hydrogen) atoms. The van der Waals surface area contributed by atoms with Crippen LogP contribution in [0.4, 0.5) is 0 Å². The second-order valence-corrected chi connectivity index (χ2v) is 7.97. The Morgan fingerprint density at radius 3 is 2.83 bits per heavy atom. The van der Waals surface area contributed by atoms with Gasteiger partial charge in [-0.05, 0) is 18.2 Å². The maximum Gasteiger partial charge on any atom is 0.222 e. The van der Waals surface area contributed by atoms with Crippen molar-refractivity contribution in [2.75, 3.05) is 6.61 Å². The Bertz CT molecular complexity index is 1170. The minimum absolute atomic E-state index is 0.0391. The highest BCUT2D eigenvalue weighted by Crippen LogP contribution is 2.39. The van der Waals surface area contributed by atoms with Crippen molar-refractivity contribution >= 4 is 34.5 Å². The molecule has 148 valence electrons. The number of nitrogens with two attached hydrogens (primary N) is 1. The minimum atomic E-state index is -0.667. The van der Waals surface area contributed by atoms with Crippen molar-refractivity contribution in [1.29, 1.82) is 0 Å². The topological polar surface area (TPSA) is 89.9 Å². The lowest BCUT2D eigenvalue weighted by atomic mass is 10.1. The van der Waals surface area contributed by atoms with Gasteiger partial charge in [0, 0.05) is 22.8 Å². The van der Waals surface area contributed by atoms with Crippen molar-refractivity contribution in [1.82, 2.24) is 9.38 Å². The summed E-state index contributed by atoms with van der Waals surface area (Å²) in [6.45, 7) is -0.263. The van der Waals surface area contributed by atoms with Gasteiger partial charge < -0.3 is 15.6 Å². The molecule has 0 radical (unpaired) electrons. The van der Waals surface area contributed by atoms with Crippen molar-refractivity contribution in [3.8, 4) is 16.3 Å².